The number of hydrogen-bond acceptors (Lipinski definition) is 23. The van der Waals surface area contributed by atoms with E-state index in [4.69, 9.17) is 30.0 Å². The van der Waals surface area contributed by atoms with Gasteiger partial charge in [-0.25, -0.2) is 48.2 Å². The number of anilines is 2. The number of aliphatic hydroxyl groups is 4. The summed E-state index contributed by atoms with van der Waals surface area (Å²) in [5.74, 6) is -0.0766. The van der Waals surface area contributed by atoms with Crippen LogP contribution in [-0.2, 0) is 49.7 Å². The molecule has 0 amide bonds. The summed E-state index contributed by atoms with van der Waals surface area (Å²) in [6.45, 7) is -2.33. The summed E-state index contributed by atoms with van der Waals surface area (Å²) in [6.07, 6.45) is -9.23. The van der Waals surface area contributed by atoms with Gasteiger partial charge in [0.1, 0.15) is 60.3 Å². The van der Waals surface area contributed by atoms with Gasteiger partial charge in [-0.2, -0.15) is 12.9 Å². The third kappa shape index (κ3) is 8.48. The van der Waals surface area contributed by atoms with E-state index in [1.165, 1.54) is 0 Å². The molecule has 4 aromatic heterocycles. The van der Waals surface area contributed by atoms with Crippen molar-refractivity contribution in [3.8, 4) is 0 Å². The Morgan fingerprint density at radius 1 is 0.604 bits per heavy atom. The second kappa shape index (κ2) is 14.6. The molecule has 33 heteroatoms. The largest absolute Gasteiger partial charge is 0.501 e. The number of nitrogen functional groups attached to an aromatic ring is 2. The van der Waals surface area contributed by atoms with Gasteiger partial charge in [-0.3, -0.25) is 18.2 Å². The fraction of sp³-hybridized carbons (Fsp3) is 0.500. The van der Waals surface area contributed by atoms with E-state index in [9.17, 15) is 58.3 Å². The lowest BCUT2D eigenvalue weighted by Crippen LogP contribution is -2.34. The second-order valence-corrected chi connectivity index (χ2v) is 17.2. The minimum absolute atomic E-state index is 0.0383. The average Bonchev–Trinajstić information content (AvgIpc) is 3.80. The molecule has 292 valence electrons. The number of imidazole rings is 2. The van der Waals surface area contributed by atoms with Crippen LogP contribution in [0.15, 0.2) is 25.3 Å². The highest BCUT2D eigenvalue weighted by atomic mass is 31.3. The molecule has 0 radical (unpaired) electrons. The normalized spacial score (nSPS) is 28.2. The number of nitrogens with two attached hydrogens (primary N) is 2. The number of fused-ring (bicyclic) bond motifs is 2. The lowest BCUT2D eigenvalue weighted by Gasteiger charge is -2.25. The third-order valence-corrected chi connectivity index (χ3v) is 13.2. The van der Waals surface area contributed by atoms with Gasteiger partial charge in [-0.05, 0) is 0 Å². The molecule has 0 saturated carbocycles. The van der Waals surface area contributed by atoms with Gasteiger partial charge in [-0.15, -0.1) is 0 Å². The Balaban J connectivity index is 1.24. The van der Waals surface area contributed by atoms with Crippen LogP contribution in [0.2, 0.25) is 0 Å². The second-order valence-electron chi connectivity index (χ2n) is 11.0. The maximum Gasteiger partial charge on any atom is 0.501 e. The zero-order valence-electron chi connectivity index (χ0n) is 25.9. The minimum Gasteiger partial charge on any atom is -0.387 e. The van der Waals surface area contributed by atoms with Crippen molar-refractivity contribution in [2.45, 2.75) is 49.1 Å². The van der Waals surface area contributed by atoms with Crippen LogP contribution in [0.4, 0.5) is 11.6 Å². The van der Waals surface area contributed by atoms with E-state index in [-0.39, 0.29) is 34.0 Å². The number of aromatic nitrogens is 8. The maximum absolute atomic E-state index is 13.9. The molecule has 2 aliphatic heterocycles. The molecule has 2 saturated heterocycles. The number of ether oxygens (including phenoxy) is 2. The summed E-state index contributed by atoms with van der Waals surface area (Å²) in [5.41, 5.74) is 11.8. The van der Waals surface area contributed by atoms with E-state index < -0.39 is 93.6 Å². The number of phosphoric acid groups is 4. The lowest BCUT2D eigenvalue weighted by atomic mass is 10.1. The van der Waals surface area contributed by atoms with Gasteiger partial charge >= 0.3 is 31.3 Å². The molecule has 2 aliphatic rings. The van der Waals surface area contributed by atoms with Gasteiger partial charge in [0.25, 0.3) is 0 Å². The zero-order valence-corrected chi connectivity index (χ0v) is 29.5. The maximum atomic E-state index is 13.9. The van der Waals surface area contributed by atoms with Crippen LogP contribution < -0.4 is 11.5 Å². The van der Waals surface area contributed by atoms with Crippen molar-refractivity contribution in [1.29, 1.82) is 0 Å². The monoisotopic (exact) mass is 836 g/mol. The van der Waals surface area contributed by atoms with Crippen LogP contribution in [0.3, 0.4) is 0 Å². The summed E-state index contributed by atoms with van der Waals surface area (Å²) in [4.78, 5) is 60.5. The molecule has 2 fully saturated rings. The van der Waals surface area contributed by atoms with Gasteiger partial charge in [0.15, 0.2) is 35.4 Å². The molecule has 0 unspecified atom stereocenters. The Hall–Kier alpha value is -2.98. The zero-order chi connectivity index (χ0) is 38.7. The van der Waals surface area contributed by atoms with Gasteiger partial charge in [0, 0.05) is 0 Å². The molecule has 53 heavy (non-hydrogen) atoms. The van der Waals surface area contributed by atoms with Crippen molar-refractivity contribution in [1.82, 2.24) is 39.0 Å². The van der Waals surface area contributed by atoms with E-state index in [1.54, 1.807) is 0 Å². The molecule has 0 spiro atoms. The van der Waals surface area contributed by atoms with E-state index in [0.29, 0.717) is 0 Å². The Morgan fingerprint density at radius 3 is 1.38 bits per heavy atom. The van der Waals surface area contributed by atoms with E-state index in [1.807, 2.05) is 0 Å². The van der Waals surface area contributed by atoms with Crippen LogP contribution in [0, 0.1) is 0 Å². The summed E-state index contributed by atoms with van der Waals surface area (Å²) in [5, 5.41) is 43.0. The van der Waals surface area contributed by atoms with Gasteiger partial charge in [-0.1, -0.05) is 0 Å². The van der Waals surface area contributed by atoms with E-state index in [0.717, 1.165) is 34.4 Å². The third-order valence-electron chi connectivity index (χ3n) is 7.40. The predicted octanol–water partition coefficient (Wildman–Crippen LogP) is -2.45. The molecule has 0 aliphatic carbocycles. The van der Waals surface area contributed by atoms with Crippen molar-refractivity contribution in [2.75, 3.05) is 24.7 Å². The van der Waals surface area contributed by atoms with Gasteiger partial charge in [0.2, 0.25) is 0 Å². The van der Waals surface area contributed by atoms with Gasteiger partial charge in [0.05, 0.1) is 25.9 Å². The molecular formula is C20H28N10O19P4. The molecule has 29 nitrogen and oxygen atoms in total. The van der Waals surface area contributed by atoms with Crippen molar-refractivity contribution in [2.24, 2.45) is 0 Å². The van der Waals surface area contributed by atoms with Crippen LogP contribution in [0.25, 0.3) is 22.3 Å². The number of nitrogens with zero attached hydrogens (tertiary/aromatic N) is 8. The minimum atomic E-state index is -6.35. The Bertz CT molecular complexity index is 2040. The average molecular weight is 836 g/mol. The molecule has 0 bridgehead atoms. The number of hydrogen-bond donors (Lipinski definition) is 10. The lowest BCUT2D eigenvalue weighted by molar-refractivity contribution is -0.0607. The Labute approximate surface area is 293 Å². The molecular weight excluding hydrogens is 808 g/mol. The highest BCUT2D eigenvalue weighted by Gasteiger charge is 2.52. The van der Waals surface area contributed by atoms with Crippen molar-refractivity contribution < 1.29 is 89.7 Å². The molecule has 12 N–H and O–H groups in total. The quantitative estimate of drug-likeness (QED) is 0.0589. The topological polar surface area (TPSA) is 434 Å². The Kier molecular flexibility index (Phi) is 10.9. The van der Waals surface area contributed by atoms with Crippen LogP contribution in [-0.4, -0.2) is 129 Å². The van der Waals surface area contributed by atoms with Crippen LogP contribution in [0.5, 0.6) is 0 Å². The smallest absolute Gasteiger partial charge is 0.387 e. The van der Waals surface area contributed by atoms with E-state index in [2.05, 4.69) is 42.8 Å². The number of rotatable bonds is 14. The first-order valence-corrected chi connectivity index (χ1v) is 20.3. The SMILES string of the molecule is Nc1ncnc2c1ncn2[C@@H]1O[C@H](COP(=O)(OC[C@H]2O[C@@H](n3cnc4c(N)ncnc43)[C@H](O)[C@@H]2O)OP(=O)(OP(=O)(O)O)OP(=O)(O)O)[C@@H](O)[C@H]1O. The molecule has 8 atom stereocenters. The van der Waals surface area contributed by atoms with Crippen LogP contribution in [0.1, 0.15) is 12.5 Å². The van der Waals surface area contributed by atoms with Crippen LogP contribution >= 0.6 is 31.3 Å². The summed E-state index contributed by atoms with van der Waals surface area (Å²) in [6, 6.07) is 0. The van der Waals surface area contributed by atoms with E-state index >= 15 is 0 Å². The molecule has 6 rings (SSSR count). The summed E-state index contributed by atoms with van der Waals surface area (Å²) < 4.78 is 86.0. The fourth-order valence-electron chi connectivity index (χ4n) is 5.15. The molecule has 4 aromatic rings. The van der Waals surface area contributed by atoms with Gasteiger partial charge < -0.3 is 60.9 Å². The van der Waals surface area contributed by atoms with Crippen molar-refractivity contribution in [3.63, 3.8) is 0 Å². The first kappa shape index (κ1) is 39.7. The highest BCUT2D eigenvalue weighted by Crippen LogP contribution is 2.75. The number of phosphoric ester groups is 1. The first-order valence-electron chi connectivity index (χ1n) is 14.3. The van der Waals surface area contributed by atoms with Crippen molar-refractivity contribution >= 4 is 65.3 Å². The summed E-state index contributed by atoms with van der Waals surface area (Å²) in [7, 11) is -24.2. The fourth-order valence-corrected chi connectivity index (χ4v) is 10.5. The number of aliphatic hydroxyl groups excluding tert-OH is 4. The Morgan fingerprint density at radius 2 is 1.00 bits per heavy atom. The van der Waals surface area contributed by atoms with Crippen molar-refractivity contribution in [3.05, 3.63) is 25.3 Å². The first-order chi connectivity index (χ1) is 24.7. The summed E-state index contributed by atoms with van der Waals surface area (Å²) >= 11 is 0. The predicted molar refractivity (Wildman–Crippen MR) is 166 cm³/mol. The highest BCUT2D eigenvalue weighted by molar-refractivity contribution is 7.71. The molecule has 6 heterocycles. The standard InChI is InChI=1S/C20H28N10O19P4/c21-15-9-17(25-3-23-15)29(5-27-9)19-13(33)11(31)7(45-19)1-43-52(41,49-53(42,47-50(35,36)37)48-51(38,39)40)44-2-8-12(32)14(34)20(46-8)30-6-28-10-16(22)24-4-26-18(10)30/h3-8,11-14,19-20,31-34H,1-2H2,(H2,21,23,25)(H2,22,24,26)(H2,35,36,37)(H2,38,39,40)/t7-,8-,11-,12-,13-,14-,19-,20-/m1/s1. The molecule has 0 aromatic carbocycles.